The number of nitrogens with one attached hydrogen (secondary N) is 1. The van der Waals surface area contributed by atoms with Gasteiger partial charge >= 0.3 is 0 Å². The molecule has 0 fully saturated rings. The van der Waals surface area contributed by atoms with Crippen LogP contribution in [0.15, 0.2) is 66.7 Å². The highest BCUT2D eigenvalue weighted by atomic mass is 35.5. The number of hydrogen-bond donors (Lipinski definition) is 2. The first-order valence-corrected chi connectivity index (χ1v) is 10.4. The Hall–Kier alpha value is -3.31. The van der Waals surface area contributed by atoms with Gasteiger partial charge in [0.1, 0.15) is 0 Å². The van der Waals surface area contributed by atoms with Crippen molar-refractivity contribution in [2.45, 2.75) is 25.4 Å². The standard InChI is InChI=1S/C24H21ClN4O/c25-19-8-4-2-6-17(19)14-27-24-28-20-13-16(23(26)30)10-12-22(20)29(24)21-11-9-15-5-1-3-7-18(15)21/h1-8,10,12-13,21H,9,11,14H2,(H2,26,30)(H,27,28)/t21-/m1/s1. The fraction of sp³-hybridized carbons (Fsp3) is 0.167. The van der Waals surface area contributed by atoms with E-state index in [-0.39, 0.29) is 6.04 Å². The number of nitrogens with zero attached hydrogens (tertiary/aromatic N) is 2. The number of primary amides is 1. The zero-order valence-corrected chi connectivity index (χ0v) is 17.1. The third-order valence-corrected chi connectivity index (χ3v) is 6.15. The fourth-order valence-corrected chi connectivity index (χ4v) is 4.51. The Balaban J connectivity index is 1.61. The molecular formula is C24H21ClN4O. The molecule has 0 unspecified atom stereocenters. The summed E-state index contributed by atoms with van der Waals surface area (Å²) in [4.78, 5) is 16.5. The van der Waals surface area contributed by atoms with Crippen LogP contribution in [0, 0.1) is 0 Å². The van der Waals surface area contributed by atoms with Crippen molar-refractivity contribution in [3.63, 3.8) is 0 Å². The van der Waals surface area contributed by atoms with Crippen molar-refractivity contribution in [1.29, 1.82) is 0 Å². The minimum Gasteiger partial charge on any atom is -0.366 e. The predicted octanol–water partition coefficient (Wildman–Crippen LogP) is 4.94. The van der Waals surface area contributed by atoms with Gasteiger partial charge in [0.25, 0.3) is 0 Å². The number of rotatable bonds is 5. The van der Waals surface area contributed by atoms with Crippen LogP contribution < -0.4 is 11.1 Å². The number of amides is 1. The molecule has 0 saturated carbocycles. The number of anilines is 1. The van der Waals surface area contributed by atoms with Crippen LogP contribution in [0.3, 0.4) is 0 Å². The number of carbonyl (C=O) groups excluding carboxylic acids is 1. The molecule has 0 radical (unpaired) electrons. The topological polar surface area (TPSA) is 72.9 Å². The molecule has 1 aromatic heterocycles. The molecule has 0 saturated heterocycles. The van der Waals surface area contributed by atoms with Gasteiger partial charge in [-0.25, -0.2) is 4.98 Å². The van der Waals surface area contributed by atoms with Crippen LogP contribution in [-0.4, -0.2) is 15.5 Å². The molecule has 3 aromatic carbocycles. The molecule has 1 atom stereocenters. The number of imidazole rings is 1. The van der Waals surface area contributed by atoms with Crippen molar-refractivity contribution < 1.29 is 4.79 Å². The van der Waals surface area contributed by atoms with Crippen molar-refractivity contribution in [3.05, 3.63) is 94.0 Å². The van der Waals surface area contributed by atoms with E-state index in [4.69, 9.17) is 22.3 Å². The number of carbonyl (C=O) groups is 1. The van der Waals surface area contributed by atoms with E-state index < -0.39 is 5.91 Å². The highest BCUT2D eigenvalue weighted by molar-refractivity contribution is 6.31. The minimum absolute atomic E-state index is 0.180. The summed E-state index contributed by atoms with van der Waals surface area (Å²) in [6.07, 6.45) is 2.03. The monoisotopic (exact) mass is 416 g/mol. The average molecular weight is 417 g/mol. The molecule has 0 spiro atoms. The molecule has 1 aliphatic rings. The summed E-state index contributed by atoms with van der Waals surface area (Å²) in [5.74, 6) is 0.302. The Morgan fingerprint density at radius 2 is 1.93 bits per heavy atom. The Morgan fingerprint density at radius 3 is 2.77 bits per heavy atom. The summed E-state index contributed by atoms with van der Waals surface area (Å²) < 4.78 is 2.24. The maximum absolute atomic E-state index is 11.7. The van der Waals surface area contributed by atoms with E-state index in [9.17, 15) is 4.79 Å². The third kappa shape index (κ3) is 3.21. The van der Waals surface area contributed by atoms with E-state index >= 15 is 0 Å². The maximum atomic E-state index is 11.7. The molecular weight excluding hydrogens is 396 g/mol. The highest BCUT2D eigenvalue weighted by Crippen LogP contribution is 2.38. The van der Waals surface area contributed by atoms with Crippen LogP contribution >= 0.6 is 11.6 Å². The van der Waals surface area contributed by atoms with Gasteiger partial charge in [0.15, 0.2) is 0 Å². The minimum atomic E-state index is -0.455. The molecule has 30 heavy (non-hydrogen) atoms. The van der Waals surface area contributed by atoms with Gasteiger partial charge in [0.2, 0.25) is 11.9 Å². The van der Waals surface area contributed by atoms with Crippen LogP contribution in [0.25, 0.3) is 11.0 Å². The van der Waals surface area contributed by atoms with Gasteiger partial charge in [-0.1, -0.05) is 54.1 Å². The van der Waals surface area contributed by atoms with Gasteiger partial charge < -0.3 is 15.6 Å². The molecule has 1 heterocycles. The van der Waals surface area contributed by atoms with Gasteiger partial charge in [0.05, 0.1) is 17.1 Å². The quantitative estimate of drug-likeness (QED) is 0.484. The maximum Gasteiger partial charge on any atom is 0.248 e. The van der Waals surface area contributed by atoms with E-state index in [1.807, 2.05) is 30.3 Å². The highest BCUT2D eigenvalue weighted by Gasteiger charge is 2.27. The summed E-state index contributed by atoms with van der Waals surface area (Å²) in [6.45, 7) is 0.556. The van der Waals surface area contributed by atoms with E-state index in [0.29, 0.717) is 12.1 Å². The largest absolute Gasteiger partial charge is 0.366 e. The first-order valence-electron chi connectivity index (χ1n) is 9.98. The lowest BCUT2D eigenvalue weighted by Crippen LogP contribution is -2.13. The zero-order valence-electron chi connectivity index (χ0n) is 16.3. The van der Waals surface area contributed by atoms with Gasteiger partial charge in [-0.15, -0.1) is 0 Å². The molecule has 4 aromatic rings. The summed E-state index contributed by atoms with van der Waals surface area (Å²) in [6, 6.07) is 22.0. The molecule has 5 nitrogen and oxygen atoms in total. The van der Waals surface area contributed by atoms with Crippen LogP contribution in [0.1, 0.15) is 39.5 Å². The number of benzene rings is 3. The molecule has 1 amide bonds. The first-order chi connectivity index (χ1) is 14.6. The van der Waals surface area contributed by atoms with Gasteiger partial charge in [0, 0.05) is 17.1 Å². The number of aryl methyl sites for hydroxylation is 1. The van der Waals surface area contributed by atoms with Crippen LogP contribution in [0.2, 0.25) is 5.02 Å². The second kappa shape index (κ2) is 7.50. The summed E-state index contributed by atoms with van der Waals surface area (Å²) in [5.41, 5.74) is 11.3. The number of fused-ring (bicyclic) bond motifs is 2. The molecule has 150 valence electrons. The van der Waals surface area contributed by atoms with Crippen molar-refractivity contribution in [2.75, 3.05) is 5.32 Å². The first kappa shape index (κ1) is 18.7. The average Bonchev–Trinajstić information content (AvgIpc) is 3.33. The Kier molecular flexibility index (Phi) is 4.68. The van der Waals surface area contributed by atoms with Crippen LogP contribution in [0.4, 0.5) is 5.95 Å². The lowest BCUT2D eigenvalue weighted by Gasteiger charge is -2.19. The zero-order chi connectivity index (χ0) is 20.7. The van der Waals surface area contributed by atoms with Crippen molar-refractivity contribution in [2.24, 2.45) is 5.73 Å². The molecule has 3 N–H and O–H groups in total. The van der Waals surface area contributed by atoms with Crippen LogP contribution in [-0.2, 0) is 13.0 Å². The summed E-state index contributed by atoms with van der Waals surface area (Å²) >= 11 is 6.34. The fourth-order valence-electron chi connectivity index (χ4n) is 4.31. The van der Waals surface area contributed by atoms with Gasteiger partial charge in [-0.3, -0.25) is 4.79 Å². The molecule has 6 heteroatoms. The van der Waals surface area contributed by atoms with Gasteiger partial charge in [-0.05, 0) is 53.8 Å². The molecule has 0 aliphatic heterocycles. The smallest absolute Gasteiger partial charge is 0.248 e. The Morgan fingerprint density at radius 1 is 1.13 bits per heavy atom. The third-order valence-electron chi connectivity index (χ3n) is 5.78. The number of nitrogens with two attached hydrogens (primary N) is 1. The summed E-state index contributed by atoms with van der Waals surface area (Å²) in [5, 5.41) is 4.18. The van der Waals surface area contributed by atoms with E-state index in [1.165, 1.54) is 11.1 Å². The van der Waals surface area contributed by atoms with Crippen molar-refractivity contribution in [3.8, 4) is 0 Å². The lowest BCUT2D eigenvalue weighted by molar-refractivity contribution is 0.100. The van der Waals surface area contributed by atoms with E-state index in [1.54, 1.807) is 12.1 Å². The normalized spacial score (nSPS) is 15.3. The number of halogens is 1. The SMILES string of the molecule is NC(=O)c1ccc2c(c1)nc(NCc1ccccc1Cl)n2[C@@H]1CCc2ccccc21. The summed E-state index contributed by atoms with van der Waals surface area (Å²) in [7, 11) is 0. The predicted molar refractivity (Wildman–Crippen MR) is 120 cm³/mol. The molecule has 1 aliphatic carbocycles. The van der Waals surface area contributed by atoms with Gasteiger partial charge in [-0.2, -0.15) is 0 Å². The second-order valence-electron chi connectivity index (χ2n) is 7.57. The van der Waals surface area contributed by atoms with Crippen molar-refractivity contribution in [1.82, 2.24) is 9.55 Å². The number of hydrogen-bond acceptors (Lipinski definition) is 3. The number of aromatic nitrogens is 2. The Bertz CT molecular complexity index is 1260. The van der Waals surface area contributed by atoms with E-state index in [2.05, 4.69) is 34.1 Å². The van der Waals surface area contributed by atoms with Crippen molar-refractivity contribution >= 4 is 34.5 Å². The lowest BCUT2D eigenvalue weighted by atomic mass is 10.1. The second-order valence-corrected chi connectivity index (χ2v) is 7.98. The molecule has 5 rings (SSSR count). The van der Waals surface area contributed by atoms with Crippen LogP contribution in [0.5, 0.6) is 0 Å². The Labute approximate surface area is 179 Å². The molecule has 0 bridgehead atoms. The van der Waals surface area contributed by atoms with E-state index in [0.717, 1.165) is 40.4 Å².